The number of carbonyl (C=O) groups excluding carboxylic acids is 1. The van der Waals surface area contributed by atoms with Crippen molar-refractivity contribution in [1.82, 2.24) is 14.8 Å². The highest BCUT2D eigenvalue weighted by Crippen LogP contribution is 2.19. The first-order chi connectivity index (χ1) is 9.13. The van der Waals surface area contributed by atoms with Gasteiger partial charge in [0.25, 0.3) is 0 Å². The molecule has 1 saturated heterocycles. The van der Waals surface area contributed by atoms with Crippen molar-refractivity contribution in [1.29, 1.82) is 5.26 Å². The van der Waals surface area contributed by atoms with E-state index in [1.54, 1.807) is 12.4 Å². The van der Waals surface area contributed by atoms with E-state index in [9.17, 15) is 4.79 Å². The predicted molar refractivity (Wildman–Crippen MR) is 70.9 cm³/mol. The molecule has 5 heteroatoms. The number of carbonyl (C=O) groups is 1. The van der Waals surface area contributed by atoms with Crippen LogP contribution in [-0.2, 0) is 11.3 Å². The average molecular weight is 258 g/mol. The first-order valence-corrected chi connectivity index (χ1v) is 6.40. The lowest BCUT2D eigenvalue weighted by atomic mass is 10.0. The van der Waals surface area contributed by atoms with Gasteiger partial charge in [0.15, 0.2) is 0 Å². The van der Waals surface area contributed by atoms with Crippen LogP contribution >= 0.6 is 0 Å². The number of piperazine rings is 1. The molecule has 1 fully saturated rings. The lowest BCUT2D eigenvalue weighted by Gasteiger charge is -2.42. The van der Waals surface area contributed by atoms with Crippen LogP contribution in [-0.4, -0.2) is 46.4 Å². The monoisotopic (exact) mass is 258 g/mol. The van der Waals surface area contributed by atoms with E-state index in [1.165, 1.54) is 0 Å². The molecule has 0 saturated carbocycles. The summed E-state index contributed by atoms with van der Waals surface area (Å²) in [4.78, 5) is 20.3. The molecule has 2 heterocycles. The van der Waals surface area contributed by atoms with Gasteiger partial charge in [0.1, 0.15) is 6.04 Å². The van der Waals surface area contributed by atoms with Crippen LogP contribution in [0.15, 0.2) is 24.5 Å². The fourth-order valence-corrected chi connectivity index (χ4v) is 2.49. The Morgan fingerprint density at radius 2 is 2.16 bits per heavy atom. The molecule has 100 valence electrons. The maximum absolute atomic E-state index is 12.5. The second-order valence-electron chi connectivity index (χ2n) is 4.99. The van der Waals surface area contributed by atoms with Crippen LogP contribution in [0.1, 0.15) is 18.9 Å². The summed E-state index contributed by atoms with van der Waals surface area (Å²) in [7, 11) is 1.90. The quantitative estimate of drug-likeness (QED) is 0.812. The Morgan fingerprint density at radius 1 is 1.47 bits per heavy atom. The van der Waals surface area contributed by atoms with Crippen LogP contribution in [0.4, 0.5) is 0 Å². The lowest BCUT2D eigenvalue weighted by Crippen LogP contribution is -2.59. The minimum absolute atomic E-state index is 0.0413. The molecule has 19 heavy (non-hydrogen) atoms. The standard InChI is InChI=1S/C14H18N4O/c1-11-9-17(2)13(3-6-15)14(19)18(11)10-12-4-7-16-8-5-12/h4-5,7-8,11,13H,3,9-10H2,1-2H3. The third kappa shape index (κ3) is 2.91. The minimum atomic E-state index is -0.317. The Morgan fingerprint density at radius 3 is 2.79 bits per heavy atom. The van der Waals surface area contributed by atoms with Crippen LogP contribution in [0.5, 0.6) is 0 Å². The molecule has 1 aromatic rings. The summed E-state index contributed by atoms with van der Waals surface area (Å²) in [5.41, 5.74) is 1.07. The maximum Gasteiger partial charge on any atom is 0.241 e. The van der Waals surface area contributed by atoms with Crippen molar-refractivity contribution in [3.05, 3.63) is 30.1 Å². The molecule has 0 radical (unpaired) electrons. The van der Waals surface area contributed by atoms with Crippen molar-refractivity contribution in [3.63, 3.8) is 0 Å². The Kier molecular flexibility index (Phi) is 4.13. The molecular weight excluding hydrogens is 240 g/mol. The normalized spacial score (nSPS) is 24.3. The summed E-state index contributed by atoms with van der Waals surface area (Å²) in [6, 6.07) is 5.76. The van der Waals surface area contributed by atoms with E-state index >= 15 is 0 Å². The zero-order valence-corrected chi connectivity index (χ0v) is 11.3. The molecule has 0 aliphatic carbocycles. The molecule has 0 aromatic carbocycles. The van der Waals surface area contributed by atoms with Gasteiger partial charge < -0.3 is 4.90 Å². The van der Waals surface area contributed by atoms with E-state index in [2.05, 4.69) is 11.1 Å². The SMILES string of the molecule is CC1CN(C)C(CC#N)C(=O)N1Cc1ccncc1. The molecule has 1 amide bonds. The van der Waals surface area contributed by atoms with Gasteiger partial charge in [0.2, 0.25) is 5.91 Å². The van der Waals surface area contributed by atoms with Gasteiger partial charge in [-0.2, -0.15) is 5.26 Å². The van der Waals surface area contributed by atoms with Crippen molar-refractivity contribution in [2.45, 2.75) is 32.0 Å². The third-order valence-electron chi connectivity index (χ3n) is 3.57. The molecule has 1 aliphatic rings. The van der Waals surface area contributed by atoms with Gasteiger partial charge in [-0.15, -0.1) is 0 Å². The van der Waals surface area contributed by atoms with E-state index < -0.39 is 0 Å². The highest BCUT2D eigenvalue weighted by atomic mass is 16.2. The second kappa shape index (κ2) is 5.81. The summed E-state index contributed by atoms with van der Waals surface area (Å²) in [6.07, 6.45) is 3.70. The number of amides is 1. The van der Waals surface area contributed by atoms with E-state index in [4.69, 9.17) is 5.26 Å². The number of aromatic nitrogens is 1. The Bertz CT molecular complexity index is 482. The number of hydrogen-bond donors (Lipinski definition) is 0. The van der Waals surface area contributed by atoms with Gasteiger partial charge in [-0.25, -0.2) is 0 Å². The highest BCUT2D eigenvalue weighted by Gasteiger charge is 2.36. The van der Waals surface area contributed by atoms with Crippen molar-refractivity contribution >= 4 is 5.91 Å². The number of nitriles is 1. The van der Waals surface area contributed by atoms with Crippen LogP contribution in [0, 0.1) is 11.3 Å². The van der Waals surface area contributed by atoms with Crippen LogP contribution in [0.3, 0.4) is 0 Å². The molecule has 2 unspecified atom stereocenters. The number of rotatable bonds is 3. The van der Waals surface area contributed by atoms with Crippen LogP contribution < -0.4 is 0 Å². The van der Waals surface area contributed by atoms with Crippen molar-refractivity contribution < 1.29 is 4.79 Å². The Hall–Kier alpha value is -1.93. The third-order valence-corrected chi connectivity index (χ3v) is 3.57. The molecule has 2 rings (SSSR count). The smallest absolute Gasteiger partial charge is 0.241 e. The van der Waals surface area contributed by atoms with Crippen molar-refractivity contribution in [3.8, 4) is 6.07 Å². The molecule has 1 aromatic heterocycles. The van der Waals surface area contributed by atoms with Gasteiger partial charge in [0, 0.05) is 31.5 Å². The molecule has 0 bridgehead atoms. The summed E-state index contributed by atoms with van der Waals surface area (Å²) in [6.45, 7) is 3.42. The lowest BCUT2D eigenvalue weighted by molar-refractivity contribution is -0.145. The zero-order chi connectivity index (χ0) is 13.8. The maximum atomic E-state index is 12.5. The largest absolute Gasteiger partial charge is 0.333 e. The summed E-state index contributed by atoms with van der Waals surface area (Å²) in [5.74, 6) is 0.0413. The number of nitrogens with zero attached hydrogens (tertiary/aromatic N) is 4. The predicted octanol–water partition coefficient (Wildman–Crippen LogP) is 1.03. The van der Waals surface area contributed by atoms with E-state index in [1.807, 2.05) is 35.9 Å². The summed E-state index contributed by atoms with van der Waals surface area (Å²) in [5, 5.41) is 8.84. The first-order valence-electron chi connectivity index (χ1n) is 6.40. The molecular formula is C14H18N4O. The first kappa shape index (κ1) is 13.5. The van der Waals surface area contributed by atoms with Gasteiger partial charge in [-0.05, 0) is 31.7 Å². The minimum Gasteiger partial charge on any atom is -0.333 e. The van der Waals surface area contributed by atoms with E-state index in [0.29, 0.717) is 6.54 Å². The number of likely N-dealkylation sites (N-methyl/N-ethyl adjacent to an activating group) is 1. The van der Waals surface area contributed by atoms with Crippen molar-refractivity contribution in [2.24, 2.45) is 0 Å². The van der Waals surface area contributed by atoms with Gasteiger partial charge in [0.05, 0.1) is 12.5 Å². The van der Waals surface area contributed by atoms with Crippen LogP contribution in [0.25, 0.3) is 0 Å². The summed E-state index contributed by atoms with van der Waals surface area (Å²) < 4.78 is 0. The second-order valence-corrected chi connectivity index (χ2v) is 4.99. The molecule has 5 nitrogen and oxygen atoms in total. The Labute approximate surface area is 113 Å². The topological polar surface area (TPSA) is 60.2 Å². The van der Waals surface area contributed by atoms with Crippen LogP contribution in [0.2, 0.25) is 0 Å². The number of pyridine rings is 1. The summed E-state index contributed by atoms with van der Waals surface area (Å²) >= 11 is 0. The van der Waals surface area contributed by atoms with E-state index in [-0.39, 0.29) is 24.4 Å². The molecule has 0 spiro atoms. The average Bonchev–Trinajstić information content (AvgIpc) is 2.41. The van der Waals surface area contributed by atoms with Gasteiger partial charge >= 0.3 is 0 Å². The highest BCUT2D eigenvalue weighted by molar-refractivity contribution is 5.83. The van der Waals surface area contributed by atoms with Crippen molar-refractivity contribution in [2.75, 3.05) is 13.6 Å². The number of hydrogen-bond acceptors (Lipinski definition) is 4. The van der Waals surface area contributed by atoms with Gasteiger partial charge in [-0.3, -0.25) is 14.7 Å². The van der Waals surface area contributed by atoms with Gasteiger partial charge in [-0.1, -0.05) is 0 Å². The molecule has 2 atom stereocenters. The van der Waals surface area contributed by atoms with E-state index in [0.717, 1.165) is 12.1 Å². The fourth-order valence-electron chi connectivity index (χ4n) is 2.49. The molecule has 0 N–H and O–H groups in total. The fraction of sp³-hybridized carbons (Fsp3) is 0.500. The zero-order valence-electron chi connectivity index (χ0n) is 11.3. The Balaban J connectivity index is 2.15. The molecule has 1 aliphatic heterocycles.